The van der Waals surface area contributed by atoms with Crippen LogP contribution in [0.15, 0.2) is 18.2 Å². The van der Waals surface area contributed by atoms with E-state index in [9.17, 15) is 9.59 Å². The fourth-order valence-corrected chi connectivity index (χ4v) is 1.78. The van der Waals surface area contributed by atoms with Crippen LogP contribution in [-0.2, 0) is 4.84 Å². The average molecular weight is 319 g/mol. The summed E-state index contributed by atoms with van der Waals surface area (Å²) in [7, 11) is 0. The number of aromatic nitrogens is 2. The van der Waals surface area contributed by atoms with Crippen molar-refractivity contribution in [2.45, 2.75) is 33.3 Å². The number of hydrogen-bond donors (Lipinski definition) is 4. The average Bonchev–Trinajstić information content (AvgIpc) is 2.85. The Balaban J connectivity index is 2.12. The normalized spacial score (nSPS) is 11.3. The van der Waals surface area contributed by atoms with Crippen LogP contribution in [0.4, 0.5) is 10.7 Å². The van der Waals surface area contributed by atoms with Crippen molar-refractivity contribution in [2.24, 2.45) is 0 Å². The monoisotopic (exact) mass is 319 g/mol. The molecule has 0 spiro atoms. The Morgan fingerprint density at radius 2 is 2.04 bits per heavy atom. The number of anilines is 1. The van der Waals surface area contributed by atoms with Gasteiger partial charge < -0.3 is 10.3 Å². The number of aromatic amines is 1. The summed E-state index contributed by atoms with van der Waals surface area (Å²) in [4.78, 5) is 36.0. The van der Waals surface area contributed by atoms with Crippen molar-refractivity contribution in [3.05, 3.63) is 23.8 Å². The van der Waals surface area contributed by atoms with E-state index in [1.54, 1.807) is 18.2 Å². The third kappa shape index (κ3) is 4.68. The number of H-pyrrole nitrogens is 1. The van der Waals surface area contributed by atoms with Crippen LogP contribution >= 0.6 is 0 Å². The number of carbonyl (C=O) groups excluding carboxylic acids is 2. The third-order valence-corrected chi connectivity index (χ3v) is 2.76. The number of imidazole rings is 1. The van der Waals surface area contributed by atoms with Gasteiger partial charge in [-0.15, -0.1) is 0 Å². The molecular formula is C15H21N5O3. The number of nitrogens with zero attached hydrogens (tertiary/aromatic N) is 1. The number of fused-ring (bicyclic) bond motifs is 1. The molecule has 23 heavy (non-hydrogen) atoms. The summed E-state index contributed by atoms with van der Waals surface area (Å²) in [6, 6.07) is 4.65. The Morgan fingerprint density at radius 3 is 2.70 bits per heavy atom. The van der Waals surface area contributed by atoms with Gasteiger partial charge in [-0.2, -0.15) is 0 Å². The van der Waals surface area contributed by atoms with Crippen molar-refractivity contribution in [3.63, 3.8) is 0 Å². The maximum Gasteiger partial charge on any atom is 0.321 e. The maximum atomic E-state index is 12.1. The van der Waals surface area contributed by atoms with Crippen molar-refractivity contribution in [3.8, 4) is 0 Å². The van der Waals surface area contributed by atoms with Gasteiger partial charge in [0.15, 0.2) is 0 Å². The highest BCUT2D eigenvalue weighted by atomic mass is 16.7. The summed E-state index contributed by atoms with van der Waals surface area (Å²) in [5.74, 6) is -0.0440. The van der Waals surface area contributed by atoms with Crippen molar-refractivity contribution in [1.82, 2.24) is 20.8 Å². The van der Waals surface area contributed by atoms with Gasteiger partial charge in [-0.3, -0.25) is 14.9 Å². The van der Waals surface area contributed by atoms with Crippen LogP contribution in [0.1, 0.15) is 38.1 Å². The molecule has 0 aliphatic carbocycles. The van der Waals surface area contributed by atoms with Crippen molar-refractivity contribution in [2.75, 3.05) is 11.9 Å². The minimum Gasteiger partial charge on any atom is -0.338 e. The number of amides is 3. The number of hydroxylamine groups is 1. The molecule has 8 heteroatoms. The lowest BCUT2D eigenvalue weighted by Gasteiger charge is -2.18. The van der Waals surface area contributed by atoms with E-state index in [0.29, 0.717) is 29.1 Å². The SMILES string of the molecule is CCNC(=O)Nc1nc2cc(C(=O)NOC(C)(C)C)ccc2[nH]1. The first-order valence-corrected chi connectivity index (χ1v) is 7.31. The van der Waals surface area contributed by atoms with Crippen LogP contribution in [0.2, 0.25) is 0 Å². The molecule has 0 aliphatic heterocycles. The molecule has 2 aromatic rings. The summed E-state index contributed by atoms with van der Waals surface area (Å²) >= 11 is 0. The van der Waals surface area contributed by atoms with Gasteiger partial charge in [0.05, 0.1) is 16.6 Å². The molecule has 3 amide bonds. The molecule has 0 fully saturated rings. The molecule has 1 aromatic heterocycles. The molecule has 4 N–H and O–H groups in total. The molecular weight excluding hydrogens is 298 g/mol. The smallest absolute Gasteiger partial charge is 0.321 e. The summed E-state index contributed by atoms with van der Waals surface area (Å²) < 4.78 is 0. The van der Waals surface area contributed by atoms with E-state index >= 15 is 0 Å². The summed E-state index contributed by atoms with van der Waals surface area (Å²) in [6.45, 7) is 7.85. The van der Waals surface area contributed by atoms with E-state index in [1.807, 2.05) is 27.7 Å². The third-order valence-electron chi connectivity index (χ3n) is 2.76. The molecule has 2 rings (SSSR count). The van der Waals surface area contributed by atoms with Crippen LogP contribution in [-0.4, -0.2) is 34.1 Å². The Hall–Kier alpha value is -2.61. The predicted octanol–water partition coefficient (Wildman–Crippen LogP) is 2.16. The van der Waals surface area contributed by atoms with Crippen molar-refractivity contribution < 1.29 is 14.4 Å². The molecule has 8 nitrogen and oxygen atoms in total. The number of benzene rings is 1. The molecule has 0 atom stereocenters. The number of hydrogen-bond acceptors (Lipinski definition) is 4. The largest absolute Gasteiger partial charge is 0.338 e. The summed E-state index contributed by atoms with van der Waals surface area (Å²) in [6.07, 6.45) is 0. The number of carbonyl (C=O) groups is 2. The molecule has 124 valence electrons. The lowest BCUT2D eigenvalue weighted by molar-refractivity contribution is -0.0589. The first kappa shape index (κ1) is 16.8. The van der Waals surface area contributed by atoms with E-state index < -0.39 is 5.60 Å². The zero-order valence-electron chi connectivity index (χ0n) is 13.6. The van der Waals surface area contributed by atoms with Gasteiger partial charge in [-0.05, 0) is 45.9 Å². The topological polar surface area (TPSA) is 108 Å². The molecule has 1 heterocycles. The lowest BCUT2D eigenvalue weighted by atomic mass is 10.2. The first-order valence-electron chi connectivity index (χ1n) is 7.31. The van der Waals surface area contributed by atoms with Gasteiger partial charge >= 0.3 is 6.03 Å². The second-order valence-electron chi connectivity index (χ2n) is 5.95. The van der Waals surface area contributed by atoms with E-state index in [4.69, 9.17) is 4.84 Å². The molecule has 0 bridgehead atoms. The fourth-order valence-electron chi connectivity index (χ4n) is 1.78. The van der Waals surface area contributed by atoms with Gasteiger partial charge in [-0.1, -0.05) is 0 Å². The Labute approximate surface area is 134 Å². The van der Waals surface area contributed by atoms with Gasteiger partial charge in [0.1, 0.15) is 0 Å². The highest BCUT2D eigenvalue weighted by molar-refractivity contribution is 5.97. The van der Waals surface area contributed by atoms with Gasteiger partial charge in [0, 0.05) is 12.1 Å². The quantitative estimate of drug-likeness (QED) is 0.648. The second kappa shape index (κ2) is 6.66. The highest BCUT2D eigenvalue weighted by Crippen LogP contribution is 2.16. The van der Waals surface area contributed by atoms with Crippen LogP contribution < -0.4 is 16.1 Å². The van der Waals surface area contributed by atoms with Crippen molar-refractivity contribution >= 4 is 28.9 Å². The van der Waals surface area contributed by atoms with Crippen LogP contribution in [0.3, 0.4) is 0 Å². The predicted molar refractivity (Wildman–Crippen MR) is 87.1 cm³/mol. The molecule has 0 saturated heterocycles. The van der Waals surface area contributed by atoms with E-state index in [0.717, 1.165) is 0 Å². The second-order valence-corrected chi connectivity index (χ2v) is 5.95. The number of nitrogens with one attached hydrogen (secondary N) is 4. The minimum atomic E-state index is -0.476. The standard InChI is InChI=1S/C15H21N5O3/c1-5-16-14(22)19-13-17-10-7-6-9(8-11(10)18-13)12(21)20-23-15(2,3)4/h6-8H,5H2,1-4H3,(H,20,21)(H3,16,17,18,19,22). The number of rotatable bonds is 4. The van der Waals surface area contributed by atoms with Gasteiger partial charge in [0.25, 0.3) is 5.91 Å². The fraction of sp³-hybridized carbons (Fsp3) is 0.400. The zero-order valence-corrected chi connectivity index (χ0v) is 13.6. The molecule has 0 saturated carbocycles. The maximum absolute atomic E-state index is 12.1. The van der Waals surface area contributed by atoms with Crippen LogP contribution in [0, 0.1) is 0 Å². The molecule has 0 aliphatic rings. The van der Waals surface area contributed by atoms with E-state index in [1.165, 1.54) is 0 Å². The number of urea groups is 1. The van der Waals surface area contributed by atoms with Gasteiger partial charge in [-0.25, -0.2) is 15.3 Å². The Bertz CT molecular complexity index is 717. The van der Waals surface area contributed by atoms with Crippen molar-refractivity contribution in [1.29, 1.82) is 0 Å². The minimum absolute atomic E-state index is 0.314. The molecule has 0 radical (unpaired) electrons. The van der Waals surface area contributed by atoms with E-state index in [-0.39, 0.29) is 11.9 Å². The highest BCUT2D eigenvalue weighted by Gasteiger charge is 2.15. The lowest BCUT2D eigenvalue weighted by Crippen LogP contribution is -2.33. The Morgan fingerprint density at radius 1 is 1.30 bits per heavy atom. The molecule has 0 unspecified atom stereocenters. The summed E-state index contributed by atoms with van der Waals surface area (Å²) in [5.41, 5.74) is 3.62. The molecule has 1 aromatic carbocycles. The van der Waals surface area contributed by atoms with E-state index in [2.05, 4.69) is 26.1 Å². The van der Waals surface area contributed by atoms with Crippen LogP contribution in [0.25, 0.3) is 11.0 Å². The Kier molecular flexibility index (Phi) is 4.85. The van der Waals surface area contributed by atoms with Crippen LogP contribution in [0.5, 0.6) is 0 Å². The summed E-state index contributed by atoms with van der Waals surface area (Å²) in [5, 5.41) is 5.19. The zero-order chi connectivity index (χ0) is 17.0. The van der Waals surface area contributed by atoms with Gasteiger partial charge in [0.2, 0.25) is 5.95 Å². The first-order chi connectivity index (χ1) is 10.8.